The van der Waals surface area contributed by atoms with Crippen LogP contribution in [0.2, 0.25) is 0 Å². The number of hydrogen-bond acceptors (Lipinski definition) is 5. The van der Waals surface area contributed by atoms with Crippen molar-refractivity contribution >= 4 is 11.6 Å². The largest absolute Gasteiger partial charge is 0.374 e. The molecule has 0 amide bonds. The SMILES string of the molecule is CCNc1cc(N(CC)CC2CC2)nc(COCC)n1. The van der Waals surface area contributed by atoms with Gasteiger partial charge in [-0.2, -0.15) is 0 Å². The molecule has 0 atom stereocenters. The summed E-state index contributed by atoms with van der Waals surface area (Å²) in [6.45, 7) is 10.3. The Hall–Kier alpha value is -1.36. The maximum atomic E-state index is 5.44. The third-order valence-corrected chi connectivity index (χ3v) is 3.43. The van der Waals surface area contributed by atoms with E-state index >= 15 is 0 Å². The number of anilines is 2. The Morgan fingerprint density at radius 3 is 2.70 bits per heavy atom. The number of aromatic nitrogens is 2. The molecule has 5 nitrogen and oxygen atoms in total. The van der Waals surface area contributed by atoms with Gasteiger partial charge in [0.2, 0.25) is 0 Å². The maximum absolute atomic E-state index is 5.44. The van der Waals surface area contributed by atoms with Crippen LogP contribution in [0.15, 0.2) is 6.07 Å². The topological polar surface area (TPSA) is 50.3 Å². The summed E-state index contributed by atoms with van der Waals surface area (Å²) < 4.78 is 5.44. The zero-order chi connectivity index (χ0) is 14.4. The van der Waals surface area contributed by atoms with E-state index in [-0.39, 0.29) is 0 Å². The smallest absolute Gasteiger partial charge is 0.158 e. The van der Waals surface area contributed by atoms with Gasteiger partial charge in [0.05, 0.1) is 0 Å². The molecule has 0 spiro atoms. The van der Waals surface area contributed by atoms with Crippen LogP contribution >= 0.6 is 0 Å². The minimum Gasteiger partial charge on any atom is -0.374 e. The highest BCUT2D eigenvalue weighted by Gasteiger charge is 2.24. The van der Waals surface area contributed by atoms with E-state index in [2.05, 4.69) is 34.0 Å². The number of hydrogen-bond donors (Lipinski definition) is 1. The Bertz CT molecular complexity index is 420. The molecular formula is C15H26N4O. The monoisotopic (exact) mass is 278 g/mol. The summed E-state index contributed by atoms with van der Waals surface area (Å²) >= 11 is 0. The first-order valence-corrected chi connectivity index (χ1v) is 7.71. The summed E-state index contributed by atoms with van der Waals surface area (Å²) in [7, 11) is 0. The lowest BCUT2D eigenvalue weighted by atomic mass is 10.3. The molecule has 0 aromatic carbocycles. The molecule has 1 aromatic rings. The van der Waals surface area contributed by atoms with Gasteiger partial charge in [-0.25, -0.2) is 9.97 Å². The van der Waals surface area contributed by atoms with Crippen molar-refractivity contribution in [2.75, 3.05) is 36.5 Å². The Morgan fingerprint density at radius 2 is 2.10 bits per heavy atom. The van der Waals surface area contributed by atoms with Crippen LogP contribution in [0, 0.1) is 5.92 Å². The summed E-state index contributed by atoms with van der Waals surface area (Å²) in [5, 5.41) is 3.28. The van der Waals surface area contributed by atoms with E-state index in [0.717, 1.165) is 43.0 Å². The fourth-order valence-electron chi connectivity index (χ4n) is 2.17. The van der Waals surface area contributed by atoms with E-state index in [4.69, 9.17) is 4.74 Å². The molecule has 0 aliphatic heterocycles. The Balaban J connectivity index is 2.16. The van der Waals surface area contributed by atoms with Gasteiger partial charge >= 0.3 is 0 Å². The summed E-state index contributed by atoms with van der Waals surface area (Å²) in [6, 6.07) is 2.05. The van der Waals surface area contributed by atoms with E-state index in [0.29, 0.717) is 13.2 Å². The molecule has 0 radical (unpaired) electrons. The lowest BCUT2D eigenvalue weighted by Gasteiger charge is -2.23. The highest BCUT2D eigenvalue weighted by atomic mass is 16.5. The predicted molar refractivity (Wildman–Crippen MR) is 82.1 cm³/mol. The Kier molecular flexibility index (Phi) is 5.59. The molecule has 1 aliphatic rings. The first kappa shape index (κ1) is 15.0. The lowest BCUT2D eigenvalue weighted by Crippen LogP contribution is -2.27. The van der Waals surface area contributed by atoms with E-state index in [1.54, 1.807) is 0 Å². The molecular weight excluding hydrogens is 252 g/mol. The minimum atomic E-state index is 0.476. The molecule has 5 heteroatoms. The quantitative estimate of drug-likeness (QED) is 0.752. The van der Waals surface area contributed by atoms with Gasteiger partial charge in [-0.1, -0.05) is 0 Å². The van der Waals surface area contributed by atoms with Crippen molar-refractivity contribution in [3.05, 3.63) is 11.9 Å². The van der Waals surface area contributed by atoms with E-state index in [9.17, 15) is 0 Å². The standard InChI is InChI=1S/C15H26N4O/c1-4-16-13-9-15(18-14(17-13)11-20-6-3)19(5-2)10-12-7-8-12/h9,12H,4-8,10-11H2,1-3H3,(H,16,17,18). The highest BCUT2D eigenvalue weighted by molar-refractivity contribution is 5.49. The summed E-state index contributed by atoms with van der Waals surface area (Å²) in [6.07, 6.45) is 2.71. The predicted octanol–water partition coefficient (Wildman–Crippen LogP) is 2.68. The number of rotatable bonds is 9. The molecule has 0 saturated heterocycles. The molecule has 1 N–H and O–H groups in total. The van der Waals surface area contributed by atoms with Crippen LogP contribution < -0.4 is 10.2 Å². The molecule has 1 aliphatic carbocycles. The molecule has 112 valence electrons. The normalized spacial score (nSPS) is 14.3. The summed E-state index contributed by atoms with van der Waals surface area (Å²) in [5.41, 5.74) is 0. The van der Waals surface area contributed by atoms with Crippen LogP contribution in [-0.4, -0.2) is 36.2 Å². The van der Waals surface area contributed by atoms with Crippen LogP contribution in [-0.2, 0) is 11.3 Å². The summed E-state index contributed by atoms with van der Waals surface area (Å²) in [5.74, 6) is 3.51. The van der Waals surface area contributed by atoms with Gasteiger partial charge in [-0.15, -0.1) is 0 Å². The third-order valence-electron chi connectivity index (χ3n) is 3.43. The molecule has 2 rings (SSSR count). The zero-order valence-electron chi connectivity index (χ0n) is 12.9. The van der Waals surface area contributed by atoms with E-state index in [1.807, 2.05) is 13.0 Å². The fraction of sp³-hybridized carbons (Fsp3) is 0.733. The minimum absolute atomic E-state index is 0.476. The molecule has 1 aromatic heterocycles. The van der Waals surface area contributed by atoms with Crippen molar-refractivity contribution in [1.29, 1.82) is 0 Å². The zero-order valence-corrected chi connectivity index (χ0v) is 12.9. The van der Waals surface area contributed by atoms with Crippen molar-refractivity contribution in [3.63, 3.8) is 0 Å². The van der Waals surface area contributed by atoms with Gasteiger partial charge in [0.25, 0.3) is 0 Å². The molecule has 20 heavy (non-hydrogen) atoms. The van der Waals surface area contributed by atoms with E-state index in [1.165, 1.54) is 12.8 Å². The van der Waals surface area contributed by atoms with Crippen molar-refractivity contribution < 1.29 is 4.74 Å². The van der Waals surface area contributed by atoms with Gasteiger partial charge < -0.3 is 15.0 Å². The van der Waals surface area contributed by atoms with Crippen LogP contribution in [0.1, 0.15) is 39.4 Å². The maximum Gasteiger partial charge on any atom is 0.158 e. The van der Waals surface area contributed by atoms with Gasteiger partial charge in [0.15, 0.2) is 5.82 Å². The number of nitrogens with zero attached hydrogens (tertiary/aromatic N) is 3. The van der Waals surface area contributed by atoms with Gasteiger partial charge in [0, 0.05) is 32.3 Å². The van der Waals surface area contributed by atoms with Crippen LogP contribution in [0.4, 0.5) is 11.6 Å². The second-order valence-corrected chi connectivity index (χ2v) is 5.18. The molecule has 1 fully saturated rings. The highest BCUT2D eigenvalue weighted by Crippen LogP contribution is 2.31. The first-order chi connectivity index (χ1) is 9.76. The number of ether oxygens (including phenoxy) is 1. The molecule has 0 unspecified atom stereocenters. The molecule has 1 heterocycles. The second kappa shape index (κ2) is 7.43. The van der Waals surface area contributed by atoms with Gasteiger partial charge in [-0.3, -0.25) is 0 Å². The van der Waals surface area contributed by atoms with Crippen LogP contribution in [0.3, 0.4) is 0 Å². The Morgan fingerprint density at radius 1 is 1.30 bits per heavy atom. The fourth-order valence-corrected chi connectivity index (χ4v) is 2.17. The molecule has 1 saturated carbocycles. The van der Waals surface area contributed by atoms with E-state index < -0.39 is 0 Å². The van der Waals surface area contributed by atoms with Crippen molar-refractivity contribution in [3.8, 4) is 0 Å². The number of nitrogens with one attached hydrogen (secondary N) is 1. The van der Waals surface area contributed by atoms with Crippen molar-refractivity contribution in [2.45, 2.75) is 40.2 Å². The molecule has 0 bridgehead atoms. The van der Waals surface area contributed by atoms with Crippen LogP contribution in [0.25, 0.3) is 0 Å². The Labute approximate surface area is 121 Å². The second-order valence-electron chi connectivity index (χ2n) is 5.18. The van der Waals surface area contributed by atoms with Gasteiger partial charge in [-0.05, 0) is 39.5 Å². The average Bonchev–Trinajstić information content (AvgIpc) is 3.26. The lowest BCUT2D eigenvalue weighted by molar-refractivity contribution is 0.128. The summed E-state index contributed by atoms with van der Waals surface area (Å²) in [4.78, 5) is 11.5. The van der Waals surface area contributed by atoms with Crippen molar-refractivity contribution in [1.82, 2.24) is 9.97 Å². The third kappa shape index (κ3) is 4.34. The van der Waals surface area contributed by atoms with Crippen molar-refractivity contribution in [2.24, 2.45) is 5.92 Å². The first-order valence-electron chi connectivity index (χ1n) is 7.71. The van der Waals surface area contributed by atoms with Crippen LogP contribution in [0.5, 0.6) is 0 Å². The average molecular weight is 278 g/mol. The van der Waals surface area contributed by atoms with Gasteiger partial charge in [0.1, 0.15) is 18.2 Å².